The molecule has 5 rings (SSSR count). The maximum Gasteiger partial charge on any atom is 0.271 e. The van der Waals surface area contributed by atoms with E-state index in [0.717, 1.165) is 42.1 Å². The monoisotopic (exact) mass is 475 g/mol. The number of carbonyl (C=O) groups is 2. The van der Waals surface area contributed by atoms with Gasteiger partial charge in [0.1, 0.15) is 22.7 Å². The van der Waals surface area contributed by atoms with E-state index in [0.29, 0.717) is 30.3 Å². The molecule has 1 atom stereocenters. The second-order valence-corrected chi connectivity index (χ2v) is 9.81. The average Bonchev–Trinajstić information content (AvgIpc) is 3.26. The number of amides is 2. The van der Waals surface area contributed by atoms with Gasteiger partial charge in [0.25, 0.3) is 5.91 Å². The molecule has 1 unspecified atom stereocenters. The summed E-state index contributed by atoms with van der Waals surface area (Å²) >= 11 is 0. The van der Waals surface area contributed by atoms with E-state index in [4.69, 9.17) is 9.47 Å². The lowest BCUT2D eigenvalue weighted by atomic mass is 9.91. The molecule has 1 N–H and O–H groups in total. The van der Waals surface area contributed by atoms with Crippen LogP contribution < -0.4 is 14.8 Å². The smallest absolute Gasteiger partial charge is 0.271 e. The molecular formula is C28H33N3O4. The third-order valence-electron chi connectivity index (χ3n) is 7.56. The fraction of sp³-hybridized carbons (Fsp3) is 0.429. The first kappa shape index (κ1) is 23.3. The number of hydrogen-bond donors (Lipinski definition) is 1. The summed E-state index contributed by atoms with van der Waals surface area (Å²) < 4.78 is 13.2. The number of fused-ring (bicyclic) bond motifs is 3. The van der Waals surface area contributed by atoms with Crippen molar-refractivity contribution in [3.63, 3.8) is 0 Å². The van der Waals surface area contributed by atoms with Crippen molar-refractivity contribution >= 4 is 22.7 Å². The van der Waals surface area contributed by atoms with Crippen LogP contribution in [0.5, 0.6) is 11.5 Å². The number of methoxy groups -OCH3 is 2. The molecule has 1 saturated carbocycles. The van der Waals surface area contributed by atoms with Gasteiger partial charge in [-0.05, 0) is 43.5 Å². The van der Waals surface area contributed by atoms with Gasteiger partial charge in [0.15, 0.2) is 0 Å². The van der Waals surface area contributed by atoms with Crippen molar-refractivity contribution in [2.24, 2.45) is 0 Å². The van der Waals surface area contributed by atoms with Crippen LogP contribution in [0.3, 0.4) is 0 Å². The van der Waals surface area contributed by atoms with Gasteiger partial charge in [-0.1, -0.05) is 49.6 Å². The van der Waals surface area contributed by atoms with Gasteiger partial charge in [-0.3, -0.25) is 9.59 Å². The van der Waals surface area contributed by atoms with Crippen molar-refractivity contribution in [3.05, 3.63) is 59.8 Å². The van der Waals surface area contributed by atoms with Crippen molar-refractivity contribution in [1.82, 2.24) is 14.8 Å². The SMILES string of the molecule is COc1ccc(OC)c2c1cc1n2CC(C)(C(=O)NC2CCCCC2)N(Cc2ccccc2)C1=O. The Kier molecular flexibility index (Phi) is 6.17. The highest BCUT2D eigenvalue weighted by molar-refractivity contribution is 6.05. The van der Waals surface area contributed by atoms with Crippen molar-refractivity contribution in [2.75, 3.05) is 14.2 Å². The van der Waals surface area contributed by atoms with E-state index in [9.17, 15) is 9.59 Å². The van der Waals surface area contributed by atoms with Gasteiger partial charge in [-0.15, -0.1) is 0 Å². The molecule has 0 bridgehead atoms. The fourth-order valence-electron chi connectivity index (χ4n) is 5.56. The molecule has 35 heavy (non-hydrogen) atoms. The molecule has 1 fully saturated rings. The van der Waals surface area contributed by atoms with Crippen LogP contribution >= 0.6 is 0 Å². The molecule has 2 heterocycles. The van der Waals surface area contributed by atoms with Gasteiger partial charge in [0.05, 0.1) is 26.3 Å². The van der Waals surface area contributed by atoms with Crippen LogP contribution in [0.2, 0.25) is 0 Å². The summed E-state index contributed by atoms with van der Waals surface area (Å²) in [6.45, 7) is 2.56. The van der Waals surface area contributed by atoms with Gasteiger partial charge >= 0.3 is 0 Å². The largest absolute Gasteiger partial charge is 0.496 e. The van der Waals surface area contributed by atoms with Crippen molar-refractivity contribution in [2.45, 2.75) is 63.7 Å². The third-order valence-corrected chi connectivity index (χ3v) is 7.56. The van der Waals surface area contributed by atoms with E-state index in [1.54, 1.807) is 19.1 Å². The number of benzene rings is 2. The molecule has 2 aliphatic rings. The zero-order valence-corrected chi connectivity index (χ0v) is 20.7. The maximum atomic E-state index is 14.0. The van der Waals surface area contributed by atoms with Crippen LogP contribution in [0.25, 0.3) is 10.9 Å². The van der Waals surface area contributed by atoms with Gasteiger partial charge in [-0.25, -0.2) is 0 Å². The Hall–Kier alpha value is -3.48. The van der Waals surface area contributed by atoms with E-state index in [1.807, 2.05) is 60.0 Å². The summed E-state index contributed by atoms with van der Waals surface area (Å²) in [5.74, 6) is 1.02. The summed E-state index contributed by atoms with van der Waals surface area (Å²) in [5, 5.41) is 4.08. The van der Waals surface area contributed by atoms with Crippen LogP contribution in [0.15, 0.2) is 48.5 Å². The van der Waals surface area contributed by atoms with Gasteiger partial charge in [0, 0.05) is 18.0 Å². The first-order valence-corrected chi connectivity index (χ1v) is 12.4. The first-order chi connectivity index (χ1) is 17.0. The fourth-order valence-corrected chi connectivity index (χ4v) is 5.56. The Morgan fingerprint density at radius 3 is 2.40 bits per heavy atom. The zero-order valence-electron chi connectivity index (χ0n) is 20.7. The lowest BCUT2D eigenvalue weighted by Gasteiger charge is -2.45. The second-order valence-electron chi connectivity index (χ2n) is 9.81. The quantitative estimate of drug-likeness (QED) is 0.569. The minimum absolute atomic E-state index is 0.108. The molecule has 1 aromatic heterocycles. The highest BCUT2D eigenvalue weighted by Gasteiger charge is 2.48. The summed E-state index contributed by atoms with van der Waals surface area (Å²) in [4.78, 5) is 29.7. The Labute approximate surface area is 206 Å². The predicted molar refractivity (Wildman–Crippen MR) is 135 cm³/mol. The second kappa shape index (κ2) is 9.29. The van der Waals surface area contributed by atoms with E-state index < -0.39 is 5.54 Å². The molecule has 1 aliphatic carbocycles. The summed E-state index contributed by atoms with van der Waals surface area (Å²) in [6, 6.07) is 15.5. The van der Waals surface area contributed by atoms with E-state index in [2.05, 4.69) is 5.32 Å². The summed E-state index contributed by atoms with van der Waals surface area (Å²) in [6.07, 6.45) is 5.42. The Balaban J connectivity index is 1.62. The molecule has 0 radical (unpaired) electrons. The standard InChI is InChI=1S/C28H33N3O4/c1-28(27(33)29-20-12-8-5-9-13-20)18-30-22(26(32)31(28)17-19-10-6-4-7-11-19)16-21-23(34-2)14-15-24(35-3)25(21)30/h4,6-7,10-11,14-16,20H,5,8-9,12-13,17-18H2,1-3H3,(H,29,33). The summed E-state index contributed by atoms with van der Waals surface area (Å²) in [7, 11) is 3.23. The number of ether oxygens (including phenoxy) is 2. The van der Waals surface area contributed by atoms with Crippen molar-refractivity contribution in [1.29, 1.82) is 0 Å². The zero-order chi connectivity index (χ0) is 24.6. The van der Waals surface area contributed by atoms with Gasteiger partial charge in [0.2, 0.25) is 5.91 Å². The van der Waals surface area contributed by atoms with Crippen molar-refractivity contribution in [3.8, 4) is 11.5 Å². The topological polar surface area (TPSA) is 72.8 Å². The minimum Gasteiger partial charge on any atom is -0.496 e. The van der Waals surface area contributed by atoms with Crippen LogP contribution in [0.4, 0.5) is 0 Å². The van der Waals surface area contributed by atoms with Crippen LogP contribution in [0, 0.1) is 0 Å². The normalized spacial score (nSPS) is 20.5. The van der Waals surface area contributed by atoms with Gasteiger partial charge in [-0.2, -0.15) is 0 Å². The van der Waals surface area contributed by atoms with E-state index >= 15 is 0 Å². The van der Waals surface area contributed by atoms with E-state index in [1.165, 1.54) is 6.42 Å². The first-order valence-electron chi connectivity index (χ1n) is 12.4. The molecule has 7 heteroatoms. The Morgan fingerprint density at radius 1 is 1.03 bits per heavy atom. The number of carbonyl (C=O) groups excluding carboxylic acids is 2. The lowest BCUT2D eigenvalue weighted by Crippen LogP contribution is -2.64. The number of rotatable bonds is 6. The molecule has 0 spiro atoms. The van der Waals surface area contributed by atoms with Gasteiger partial charge < -0.3 is 24.3 Å². The maximum absolute atomic E-state index is 14.0. The Morgan fingerprint density at radius 2 is 1.71 bits per heavy atom. The number of hydrogen-bond acceptors (Lipinski definition) is 4. The van der Waals surface area contributed by atoms with Crippen molar-refractivity contribution < 1.29 is 19.1 Å². The number of aromatic nitrogens is 1. The summed E-state index contributed by atoms with van der Waals surface area (Å²) in [5.41, 5.74) is 1.21. The predicted octanol–water partition coefficient (Wildman–Crippen LogP) is 4.52. The molecule has 2 amide bonds. The molecule has 3 aromatic rings. The Bertz CT molecular complexity index is 1250. The number of nitrogens with one attached hydrogen (secondary N) is 1. The molecule has 184 valence electrons. The minimum atomic E-state index is -1.07. The highest BCUT2D eigenvalue weighted by Crippen LogP contribution is 2.40. The molecule has 0 saturated heterocycles. The molecule has 7 nitrogen and oxygen atoms in total. The highest BCUT2D eigenvalue weighted by atomic mass is 16.5. The lowest BCUT2D eigenvalue weighted by molar-refractivity contribution is -0.134. The molecular weight excluding hydrogens is 442 g/mol. The molecule has 2 aromatic carbocycles. The van der Waals surface area contributed by atoms with Crippen LogP contribution in [-0.2, 0) is 17.9 Å². The van der Waals surface area contributed by atoms with Crippen LogP contribution in [-0.4, -0.2) is 47.1 Å². The third kappa shape index (κ3) is 4.03. The number of nitrogens with zero attached hydrogens (tertiary/aromatic N) is 2. The molecule has 1 aliphatic heterocycles. The average molecular weight is 476 g/mol. The van der Waals surface area contributed by atoms with E-state index in [-0.39, 0.29) is 17.9 Å². The van der Waals surface area contributed by atoms with Crippen LogP contribution in [0.1, 0.15) is 55.1 Å².